The number of thiocarbonyl (C=S) groups is 1. The van der Waals surface area contributed by atoms with Gasteiger partial charge in [0.15, 0.2) is 0 Å². The van der Waals surface area contributed by atoms with Crippen LogP contribution < -0.4 is 5.73 Å². The van der Waals surface area contributed by atoms with Crippen LogP contribution in [0.2, 0.25) is 0 Å². The van der Waals surface area contributed by atoms with Crippen molar-refractivity contribution < 1.29 is 17.9 Å². The summed E-state index contributed by atoms with van der Waals surface area (Å²) in [4.78, 5) is 11.4. The zero-order chi connectivity index (χ0) is 16.0. The number of likely N-dealkylation sites (N-methyl/N-ethyl adjacent to an activating group) is 1. The van der Waals surface area contributed by atoms with Crippen molar-refractivity contribution in [3.63, 3.8) is 0 Å². The zero-order valence-corrected chi connectivity index (χ0v) is 13.5. The molecule has 0 fully saturated rings. The number of nitrogens with zero attached hydrogens (tertiary/aromatic N) is 1. The molecule has 0 spiro atoms. The van der Waals surface area contributed by atoms with Gasteiger partial charge in [-0.2, -0.15) is 4.31 Å². The second-order valence-electron chi connectivity index (χ2n) is 4.28. The van der Waals surface area contributed by atoms with Crippen LogP contribution in [0.1, 0.15) is 18.1 Å². The number of carbonyl (C=O) groups is 1. The van der Waals surface area contributed by atoms with Gasteiger partial charge in [-0.3, -0.25) is 4.79 Å². The maximum Gasteiger partial charge on any atom is 0.321 e. The Labute approximate surface area is 129 Å². The second kappa shape index (κ2) is 7.48. The number of nitrogens with two attached hydrogens (primary N) is 1. The van der Waals surface area contributed by atoms with Crippen molar-refractivity contribution in [3.8, 4) is 0 Å². The van der Waals surface area contributed by atoms with E-state index in [0.717, 1.165) is 4.31 Å². The fraction of sp³-hybridized carbons (Fsp3) is 0.385. The average Bonchev–Trinajstić information content (AvgIpc) is 2.44. The summed E-state index contributed by atoms with van der Waals surface area (Å²) < 4.78 is 30.4. The predicted octanol–water partition coefficient (Wildman–Crippen LogP) is 0.646. The lowest BCUT2D eigenvalue weighted by molar-refractivity contribution is -0.140. The van der Waals surface area contributed by atoms with Crippen molar-refractivity contribution in [2.45, 2.75) is 12.7 Å². The molecule has 0 atom stereocenters. The molecule has 0 aliphatic carbocycles. The number of sulfonamides is 1. The Morgan fingerprint density at radius 1 is 1.38 bits per heavy atom. The average molecular weight is 330 g/mol. The van der Waals surface area contributed by atoms with Gasteiger partial charge in [-0.25, -0.2) is 8.42 Å². The smallest absolute Gasteiger partial charge is 0.321 e. The van der Waals surface area contributed by atoms with E-state index in [1.54, 1.807) is 31.2 Å². The number of methoxy groups -OCH3 is 1. The molecular formula is C13H18N2O4S2. The van der Waals surface area contributed by atoms with Crippen molar-refractivity contribution in [3.05, 3.63) is 35.4 Å². The summed E-state index contributed by atoms with van der Waals surface area (Å²) in [5, 5.41) is 0. The summed E-state index contributed by atoms with van der Waals surface area (Å²) in [6.45, 7) is 1.51. The molecule has 0 aromatic heterocycles. The minimum atomic E-state index is -3.67. The highest BCUT2D eigenvalue weighted by molar-refractivity contribution is 7.88. The van der Waals surface area contributed by atoms with Crippen LogP contribution in [0, 0.1) is 0 Å². The third-order valence-electron chi connectivity index (χ3n) is 2.90. The molecule has 0 heterocycles. The zero-order valence-electron chi connectivity index (χ0n) is 11.9. The van der Waals surface area contributed by atoms with Crippen molar-refractivity contribution in [2.24, 2.45) is 5.73 Å². The molecule has 0 unspecified atom stereocenters. The molecule has 1 rings (SSSR count). The first-order chi connectivity index (χ1) is 9.81. The summed E-state index contributed by atoms with van der Waals surface area (Å²) >= 11 is 4.92. The largest absolute Gasteiger partial charge is 0.468 e. The second-order valence-corrected chi connectivity index (χ2v) is 6.69. The molecule has 0 aliphatic rings. The Balaban J connectivity index is 3.04. The van der Waals surface area contributed by atoms with Crippen molar-refractivity contribution in [1.82, 2.24) is 4.31 Å². The third-order valence-corrected chi connectivity index (χ3v) is 4.97. The molecule has 0 radical (unpaired) electrons. The predicted molar refractivity (Wildman–Crippen MR) is 84.2 cm³/mol. The minimum absolute atomic E-state index is 0.136. The molecule has 2 N–H and O–H groups in total. The van der Waals surface area contributed by atoms with Crippen LogP contribution in [0.15, 0.2) is 24.3 Å². The Morgan fingerprint density at radius 2 is 2.00 bits per heavy atom. The maximum absolute atomic E-state index is 12.4. The lowest BCUT2D eigenvalue weighted by Crippen LogP contribution is -2.37. The standard InChI is InChI=1S/C13H18N2O4S2/c1-3-15(8-12(16)19-2)21(17,18)9-10-6-4-5-7-11(10)13(14)20/h4-7H,3,8-9H2,1-2H3,(H2,14,20). The highest BCUT2D eigenvalue weighted by atomic mass is 32.2. The summed E-state index contributed by atoms with van der Waals surface area (Å²) in [6, 6.07) is 6.77. The molecule has 6 nitrogen and oxygen atoms in total. The van der Waals surface area contributed by atoms with Gasteiger partial charge in [0.1, 0.15) is 11.5 Å². The van der Waals surface area contributed by atoms with Crippen LogP contribution in [0.4, 0.5) is 0 Å². The lowest BCUT2D eigenvalue weighted by Gasteiger charge is -2.20. The van der Waals surface area contributed by atoms with Gasteiger partial charge < -0.3 is 10.5 Å². The molecule has 8 heteroatoms. The van der Waals surface area contributed by atoms with Crippen LogP contribution in [-0.2, 0) is 25.3 Å². The normalized spacial score (nSPS) is 11.4. The Hall–Kier alpha value is -1.51. The van der Waals surface area contributed by atoms with E-state index in [0.29, 0.717) is 11.1 Å². The quantitative estimate of drug-likeness (QED) is 0.583. The Morgan fingerprint density at radius 3 is 2.52 bits per heavy atom. The first-order valence-corrected chi connectivity index (χ1v) is 8.26. The number of rotatable bonds is 7. The third kappa shape index (κ3) is 4.76. The van der Waals surface area contributed by atoms with Gasteiger partial charge in [0, 0.05) is 12.1 Å². The van der Waals surface area contributed by atoms with Crippen molar-refractivity contribution in [2.75, 3.05) is 20.2 Å². The van der Waals surface area contributed by atoms with Gasteiger partial charge in [0.2, 0.25) is 10.0 Å². The molecule has 0 amide bonds. The topological polar surface area (TPSA) is 89.7 Å². The highest BCUT2D eigenvalue weighted by Gasteiger charge is 2.25. The molecule has 0 bridgehead atoms. The van der Waals surface area contributed by atoms with Crippen molar-refractivity contribution >= 4 is 33.2 Å². The summed E-state index contributed by atoms with van der Waals surface area (Å²) in [5.74, 6) is -0.881. The molecule has 0 saturated carbocycles. The van der Waals surface area contributed by atoms with Gasteiger partial charge >= 0.3 is 5.97 Å². The number of carbonyl (C=O) groups excluding carboxylic acids is 1. The lowest BCUT2D eigenvalue weighted by atomic mass is 10.1. The fourth-order valence-electron chi connectivity index (χ4n) is 1.79. The van der Waals surface area contributed by atoms with E-state index < -0.39 is 16.0 Å². The van der Waals surface area contributed by atoms with Crippen LogP contribution >= 0.6 is 12.2 Å². The van der Waals surface area contributed by atoms with E-state index in [2.05, 4.69) is 4.74 Å². The van der Waals surface area contributed by atoms with Crippen LogP contribution in [0.25, 0.3) is 0 Å². The fourth-order valence-corrected chi connectivity index (χ4v) is 3.51. The van der Waals surface area contributed by atoms with Gasteiger partial charge in [-0.15, -0.1) is 0 Å². The number of ether oxygens (including phenoxy) is 1. The SMILES string of the molecule is CCN(CC(=O)OC)S(=O)(=O)Cc1ccccc1C(N)=S. The summed E-state index contributed by atoms with van der Waals surface area (Å²) in [7, 11) is -2.46. The molecule has 0 saturated heterocycles. The number of benzene rings is 1. The van der Waals surface area contributed by atoms with Crippen LogP contribution in [0.5, 0.6) is 0 Å². The first kappa shape index (κ1) is 17.5. The molecule has 1 aromatic carbocycles. The molecule has 116 valence electrons. The first-order valence-electron chi connectivity index (χ1n) is 6.24. The van der Waals surface area contributed by atoms with E-state index >= 15 is 0 Å². The van der Waals surface area contributed by atoms with Gasteiger partial charge in [0.05, 0.1) is 12.9 Å². The maximum atomic E-state index is 12.4. The molecule has 21 heavy (non-hydrogen) atoms. The molecule has 0 aliphatic heterocycles. The van der Waals surface area contributed by atoms with E-state index in [4.69, 9.17) is 18.0 Å². The molecular weight excluding hydrogens is 312 g/mol. The number of hydrogen-bond acceptors (Lipinski definition) is 5. The Kier molecular flexibility index (Phi) is 6.25. The Bertz CT molecular complexity index is 629. The van der Waals surface area contributed by atoms with Crippen LogP contribution in [0.3, 0.4) is 0 Å². The molecule has 1 aromatic rings. The van der Waals surface area contributed by atoms with Gasteiger partial charge in [-0.1, -0.05) is 43.4 Å². The van der Waals surface area contributed by atoms with E-state index in [-0.39, 0.29) is 23.8 Å². The monoisotopic (exact) mass is 330 g/mol. The van der Waals surface area contributed by atoms with E-state index in [1.807, 2.05) is 0 Å². The van der Waals surface area contributed by atoms with Gasteiger partial charge in [0.25, 0.3) is 0 Å². The highest BCUT2D eigenvalue weighted by Crippen LogP contribution is 2.15. The number of hydrogen-bond donors (Lipinski definition) is 1. The van der Waals surface area contributed by atoms with Crippen molar-refractivity contribution in [1.29, 1.82) is 0 Å². The summed E-state index contributed by atoms with van der Waals surface area (Å²) in [6.07, 6.45) is 0. The van der Waals surface area contributed by atoms with E-state index in [9.17, 15) is 13.2 Å². The number of esters is 1. The van der Waals surface area contributed by atoms with Gasteiger partial charge in [-0.05, 0) is 5.56 Å². The summed E-state index contributed by atoms with van der Waals surface area (Å²) in [5.41, 5.74) is 6.62. The van der Waals surface area contributed by atoms with Crippen LogP contribution in [-0.4, -0.2) is 43.9 Å². The van der Waals surface area contributed by atoms with E-state index in [1.165, 1.54) is 7.11 Å². The minimum Gasteiger partial charge on any atom is -0.468 e.